The van der Waals surface area contributed by atoms with E-state index in [4.69, 9.17) is 62.0 Å². The minimum absolute atomic E-state index is 0.128. The lowest BCUT2D eigenvalue weighted by Gasteiger charge is -2.29. The Bertz CT molecular complexity index is 7160. The molecule has 6 aromatic heterocycles. The van der Waals surface area contributed by atoms with E-state index < -0.39 is 18.0 Å². The van der Waals surface area contributed by atoms with E-state index in [1.54, 1.807) is 185 Å². The molecule has 676 valence electrons. The molecule has 53 heteroatoms. The molecule has 0 saturated carbocycles. The van der Waals surface area contributed by atoms with Crippen LogP contribution in [0.4, 0.5) is 0 Å². The van der Waals surface area contributed by atoms with E-state index in [1.165, 1.54) is 49.5 Å². The summed E-state index contributed by atoms with van der Waals surface area (Å²) in [6.45, 7) is 11.4. The number of terminal acetylenes is 1. The SMILES string of the molecule is C#Cc1cn(CCCCCc2cccc3c2CN(C2CCC(=O)NC2=O)C3=O)nn1.Cc1c(C#Cc2cn(CCCCCc3cccc4c3CN(C3CCC(=O)NC3=O)C4=O)nn2)sc2c1C(c1ccc(Cl)cc1)=NCc1nnc(C)n1-2.Cc1c(I)sc2c1C(c1ccc(Cl)cc1)=NCc1nnc(C)n1-2.S=S=S=S=S=S=S=S=S.S=S=S=S=S=S=S=S=S=S=S=S=S=S=S. The first kappa shape index (κ1) is 103. The number of carbonyl (C=O) groups excluding carboxylic acids is 6. The summed E-state index contributed by atoms with van der Waals surface area (Å²) >= 11 is 36.7. The lowest BCUT2D eigenvalue weighted by Crippen LogP contribution is -2.52. The topological polar surface area (TPSA) is 281 Å². The number of rotatable bonds is 16. The minimum atomic E-state index is -0.609. The van der Waals surface area contributed by atoms with Gasteiger partial charge in [-0.25, -0.2) is 0 Å². The fourth-order valence-corrected chi connectivity index (χ4v) is 61.6. The van der Waals surface area contributed by atoms with Crippen LogP contribution in [-0.4, -0.2) is 128 Å². The number of carbonyl (C=O) groups is 6. The van der Waals surface area contributed by atoms with Gasteiger partial charge in [0.2, 0.25) is 23.6 Å². The summed E-state index contributed by atoms with van der Waals surface area (Å²) in [5.41, 5.74) is 15.1. The second-order valence-corrected chi connectivity index (χ2v) is 67.6. The van der Waals surface area contributed by atoms with Gasteiger partial charge in [0.15, 0.2) is 23.0 Å². The van der Waals surface area contributed by atoms with Gasteiger partial charge in [0.25, 0.3) is 11.8 Å². The Balaban J connectivity index is 0.000000165. The third-order valence-electron chi connectivity index (χ3n) is 19.9. The standard InChI is InChI=1S/C38H34ClN9O3S.C22H23N5O3.C16H12ClIN4S.S15.S9/c1-22-31(52-38-34(22)35(25-10-12-26(39)13-11-25)40-19-32-44-42-23(2)48(32)38)16-14-27-20-46(45-43-27)18-5-3-4-7-24-8-6-9-28-29(24)21-47(37(28)51)30-15-17-33(49)41-36(30)50;1-2-16-13-26(25-24-16)12-5-3-4-7-15-8-6-9-17-18(15)14-27(22(17)30)19-10-11-20(28)23-21(19)29;1-8-13-14(10-3-5-11(17)6-4-10)19-7-12-21-20-9(2)22(12)16(13)23-15(8)18;1-3-5-7-9-11-13-15-14-12-10-8-6-4-2;1-3-5-7-9-8-6-4-2/h6,8-13,20,30H,3-5,7,15,17-19,21H2,1-2H3,(H,41,49,50);1,6,8-9,13,19H,3-5,7,10-12,14H2,(H,23,28,29);3-6H,7H2,1-2H3;;. The second kappa shape index (κ2) is 53.0. The number of benzene rings is 4. The Morgan fingerprint density at radius 1 is 0.488 bits per heavy atom. The molecule has 0 radical (unpaired) electrons. The number of fused-ring (bicyclic) bond motifs is 8. The molecule has 0 spiro atoms. The van der Waals surface area contributed by atoms with Gasteiger partial charge in [0.1, 0.15) is 46.8 Å². The van der Waals surface area contributed by atoms with E-state index in [0.29, 0.717) is 73.1 Å². The van der Waals surface area contributed by atoms with Crippen LogP contribution in [0.1, 0.15) is 180 Å². The van der Waals surface area contributed by atoms with E-state index in [2.05, 4.69) is 149 Å². The molecule has 0 bridgehead atoms. The zero-order valence-electron chi connectivity index (χ0n) is 67.6. The number of aryl methyl sites for hydroxylation is 6. The maximum absolute atomic E-state index is 13.2. The molecule has 2 fully saturated rings. The van der Waals surface area contributed by atoms with Crippen LogP contribution >= 0.6 is 68.5 Å². The molecule has 4 aromatic carbocycles. The fourth-order valence-electron chi connectivity index (χ4n) is 14.2. The van der Waals surface area contributed by atoms with Crippen molar-refractivity contribution in [2.24, 2.45) is 9.98 Å². The average Bonchev–Trinajstić information content (AvgIpc) is 1.60. The molecule has 129 heavy (non-hydrogen) atoms. The highest BCUT2D eigenvalue weighted by atomic mass is 127. The van der Waals surface area contributed by atoms with Gasteiger partial charge in [0.05, 0.1) is 31.6 Å². The van der Waals surface area contributed by atoms with E-state index in [-0.39, 0.29) is 42.4 Å². The minimum Gasteiger partial charge on any atom is -0.322 e. The first-order chi connectivity index (χ1) is 62.7. The summed E-state index contributed by atoms with van der Waals surface area (Å²) in [4.78, 5) is 87.6. The second-order valence-electron chi connectivity index (χ2n) is 27.6. The largest absolute Gasteiger partial charge is 0.322 e. The number of nitrogens with zero attached hydrogens (tertiary/aromatic N) is 16. The molecule has 6 aliphatic heterocycles. The van der Waals surface area contributed by atoms with Gasteiger partial charge in [-0.3, -0.25) is 67.9 Å². The van der Waals surface area contributed by atoms with Gasteiger partial charge in [0, 0.05) is 305 Å². The molecule has 2 atom stereocenters. The van der Waals surface area contributed by atoms with E-state index in [1.807, 2.05) is 97.5 Å². The summed E-state index contributed by atoms with van der Waals surface area (Å²) in [5.74, 6) is 10.8. The molecule has 24 nitrogen and oxygen atoms in total. The number of thiophene rings is 2. The maximum atomic E-state index is 13.2. The molecule has 2 N–H and O–H groups in total. The summed E-state index contributed by atoms with van der Waals surface area (Å²) < 4.78 is 9.04. The third-order valence-corrected chi connectivity index (χ3v) is 64.1. The monoisotopic (exact) mass is 2360 g/mol. The highest BCUT2D eigenvalue weighted by Crippen LogP contribution is 2.40. The van der Waals surface area contributed by atoms with Crippen LogP contribution in [0.25, 0.3) is 10.0 Å². The number of unbranched alkanes of at least 4 members (excludes halogenated alkanes) is 4. The summed E-state index contributed by atoms with van der Waals surface area (Å²) in [6, 6.07) is 26.0. The first-order valence-electron chi connectivity index (χ1n) is 38.2. The lowest BCUT2D eigenvalue weighted by molar-refractivity contribution is -0.138. The Hall–Kier alpha value is -4.89. The predicted octanol–water partition coefficient (Wildman–Crippen LogP) is 11.0. The molecular formula is C76H69Cl2IN18O6S26. The highest BCUT2D eigenvalue weighted by Gasteiger charge is 2.42. The molecule has 6 amide bonds. The number of nitrogens with one attached hydrogen (secondary N) is 2. The molecule has 12 heterocycles. The van der Waals surface area contributed by atoms with Crippen LogP contribution in [0.15, 0.2) is 107 Å². The van der Waals surface area contributed by atoms with Crippen molar-refractivity contribution in [3.8, 4) is 34.2 Å². The van der Waals surface area contributed by atoms with E-state index in [0.717, 1.165) is 157 Å². The number of halogens is 3. The number of imide groups is 2. The van der Waals surface area contributed by atoms with E-state index >= 15 is 0 Å². The van der Waals surface area contributed by atoms with Crippen molar-refractivity contribution in [1.82, 2.24) is 80.0 Å². The smallest absolute Gasteiger partial charge is 0.255 e. The molecular weight excluding hydrogens is 2290 g/mol. The summed E-state index contributed by atoms with van der Waals surface area (Å²) in [5, 5.41) is 42.0. The Kier molecular flexibility index (Phi) is 42.3. The summed E-state index contributed by atoms with van der Waals surface area (Å²) in [6.07, 6.45) is 17.7. The van der Waals surface area contributed by atoms with Gasteiger partial charge >= 0.3 is 0 Å². The number of aliphatic imine (C=N–C) groups is 2. The van der Waals surface area contributed by atoms with Crippen molar-refractivity contribution in [3.63, 3.8) is 0 Å². The van der Waals surface area contributed by atoms with Crippen molar-refractivity contribution in [1.29, 1.82) is 0 Å². The zero-order chi connectivity index (χ0) is 91.3. The van der Waals surface area contributed by atoms with Gasteiger partial charge in [-0.15, -0.1) is 59.7 Å². The summed E-state index contributed by atoms with van der Waals surface area (Å²) in [7, 11) is 32.6. The van der Waals surface area contributed by atoms with Crippen molar-refractivity contribution in [2.45, 2.75) is 156 Å². The van der Waals surface area contributed by atoms with Crippen molar-refractivity contribution in [3.05, 3.63) is 217 Å². The fraction of sp³-hybridized carbons (Fsp3) is 0.316. The maximum Gasteiger partial charge on any atom is 0.255 e. The van der Waals surface area contributed by atoms with Crippen LogP contribution in [0.3, 0.4) is 0 Å². The van der Waals surface area contributed by atoms with Crippen molar-refractivity contribution >= 4 is 338 Å². The average molecular weight is 2360 g/mol. The Morgan fingerprint density at radius 2 is 0.891 bits per heavy atom. The zero-order valence-corrected chi connectivity index (χ0v) is 92.4. The third kappa shape index (κ3) is 28.4. The quantitative estimate of drug-likeness (QED) is 0.0393. The van der Waals surface area contributed by atoms with Crippen LogP contribution in [0.2, 0.25) is 10.0 Å². The predicted molar refractivity (Wildman–Crippen MR) is 583 cm³/mol. The number of piperidine rings is 2. The Labute approximate surface area is 851 Å². The molecule has 10 aromatic rings. The van der Waals surface area contributed by atoms with Gasteiger partial charge in [-0.2, -0.15) is 0 Å². The highest BCUT2D eigenvalue weighted by molar-refractivity contribution is 14.1. The van der Waals surface area contributed by atoms with Crippen LogP contribution in [0.5, 0.6) is 0 Å². The van der Waals surface area contributed by atoms with Gasteiger partial charge in [-0.05, 0) is 189 Å². The molecule has 6 aliphatic rings. The number of hydrogen-bond acceptors (Lipinski definition) is 22. The molecule has 16 rings (SSSR count). The van der Waals surface area contributed by atoms with Crippen LogP contribution in [-0.2, 0) is 294 Å². The van der Waals surface area contributed by atoms with Crippen LogP contribution < -0.4 is 10.6 Å². The van der Waals surface area contributed by atoms with Gasteiger partial charge < -0.3 is 9.80 Å². The van der Waals surface area contributed by atoms with Crippen LogP contribution in [0, 0.1) is 54.8 Å². The molecule has 0 aliphatic carbocycles. The molecule has 2 saturated heterocycles. The number of hydrogen-bond donors (Lipinski definition) is 2. The van der Waals surface area contributed by atoms with Crippen molar-refractivity contribution < 1.29 is 28.8 Å². The normalized spacial score (nSPS) is 14.6. The Morgan fingerprint density at radius 3 is 1.30 bits per heavy atom. The number of amides is 6. The first-order valence-corrected chi connectivity index (χ1v) is 71.0. The molecule has 2 unspecified atom stereocenters. The van der Waals surface area contributed by atoms with Crippen molar-refractivity contribution in [2.75, 3.05) is 0 Å². The van der Waals surface area contributed by atoms with E-state index in [9.17, 15) is 28.8 Å². The number of aromatic nitrogens is 12. The van der Waals surface area contributed by atoms with Gasteiger partial charge in [-0.1, -0.05) is 95.0 Å². The lowest BCUT2D eigenvalue weighted by atomic mass is 9.98.